The third kappa shape index (κ3) is 4.85. The van der Waals surface area contributed by atoms with Crippen molar-refractivity contribution in [2.75, 3.05) is 27.3 Å². The Kier molecular flexibility index (Phi) is 7.16. The quantitative estimate of drug-likeness (QED) is 0.665. The van der Waals surface area contributed by atoms with E-state index in [1.54, 1.807) is 14.2 Å². The number of hydrogen-bond acceptors (Lipinski definition) is 5. The average Bonchev–Trinajstić information content (AvgIpc) is 3.31. The number of nitrogens with zero attached hydrogens (tertiary/aromatic N) is 3. The van der Waals surface area contributed by atoms with E-state index in [0.717, 1.165) is 53.6 Å². The van der Waals surface area contributed by atoms with Crippen molar-refractivity contribution < 1.29 is 9.47 Å². The van der Waals surface area contributed by atoms with Crippen molar-refractivity contribution in [2.45, 2.75) is 83.5 Å². The largest absolute Gasteiger partial charge is 0.493 e. The van der Waals surface area contributed by atoms with E-state index >= 15 is 0 Å². The van der Waals surface area contributed by atoms with Crippen molar-refractivity contribution in [3.8, 4) is 22.8 Å². The van der Waals surface area contributed by atoms with Crippen molar-refractivity contribution in [1.82, 2.24) is 19.8 Å². The van der Waals surface area contributed by atoms with Crippen molar-refractivity contribution in [1.29, 1.82) is 0 Å². The number of likely N-dealkylation sites (tertiary alicyclic amines) is 1. The van der Waals surface area contributed by atoms with E-state index in [9.17, 15) is 0 Å². The first kappa shape index (κ1) is 23.7. The number of hydrogen-bond donors (Lipinski definition) is 1. The molecular formula is C28H42N4O2. The fourth-order valence-corrected chi connectivity index (χ4v) is 6.70. The zero-order chi connectivity index (χ0) is 23.7. The van der Waals surface area contributed by atoms with Crippen LogP contribution in [0, 0.1) is 11.8 Å². The molecule has 4 atom stereocenters. The molecule has 0 radical (unpaired) electrons. The van der Waals surface area contributed by atoms with Crippen LogP contribution >= 0.6 is 0 Å². The highest BCUT2D eigenvalue weighted by Gasteiger charge is 2.34. The summed E-state index contributed by atoms with van der Waals surface area (Å²) in [5, 5.41) is 3.78. The molecule has 2 fully saturated rings. The lowest BCUT2D eigenvalue weighted by atomic mass is 9.79. The molecule has 0 spiro atoms. The number of imidazole rings is 1. The summed E-state index contributed by atoms with van der Waals surface area (Å²) >= 11 is 0. The normalized spacial score (nSPS) is 28.5. The fourth-order valence-electron chi connectivity index (χ4n) is 6.70. The third-order valence-corrected chi connectivity index (χ3v) is 8.66. The molecule has 2 aromatic rings. The molecule has 0 amide bonds. The average molecular weight is 467 g/mol. The molecule has 5 rings (SSSR count). The zero-order valence-electron chi connectivity index (χ0n) is 21.4. The number of benzene rings is 1. The Morgan fingerprint density at radius 2 is 1.82 bits per heavy atom. The maximum absolute atomic E-state index is 5.50. The van der Waals surface area contributed by atoms with Gasteiger partial charge in [-0.05, 0) is 88.6 Å². The van der Waals surface area contributed by atoms with Crippen LogP contribution in [0.1, 0.15) is 58.2 Å². The van der Waals surface area contributed by atoms with Crippen molar-refractivity contribution in [3.63, 3.8) is 0 Å². The highest BCUT2D eigenvalue weighted by Crippen LogP contribution is 2.37. The molecule has 1 N–H and O–H groups in total. The van der Waals surface area contributed by atoms with Crippen LogP contribution in [-0.4, -0.2) is 59.9 Å². The monoisotopic (exact) mass is 466 g/mol. The van der Waals surface area contributed by atoms with E-state index in [-0.39, 0.29) is 0 Å². The molecule has 1 aromatic heterocycles. The molecule has 6 heteroatoms. The first-order valence-corrected chi connectivity index (χ1v) is 13.4. The minimum atomic E-state index is 0.652. The van der Waals surface area contributed by atoms with E-state index in [1.807, 2.05) is 12.1 Å². The summed E-state index contributed by atoms with van der Waals surface area (Å²) in [5.41, 5.74) is 2.13. The highest BCUT2D eigenvalue weighted by atomic mass is 16.5. The molecular weight excluding hydrogens is 424 g/mol. The topological polar surface area (TPSA) is 51.6 Å². The summed E-state index contributed by atoms with van der Waals surface area (Å²) in [6.07, 6.45) is 11.2. The highest BCUT2D eigenvalue weighted by molar-refractivity contribution is 5.63. The molecule has 0 saturated carbocycles. The van der Waals surface area contributed by atoms with E-state index in [4.69, 9.17) is 14.5 Å². The number of methoxy groups -OCH3 is 2. The standard InChI is InChI=1S/C28H42N4O2/c1-5-23-16-24(14-19(2)29-23)31-12-10-20(11-13-31)22-7-9-28-30-25(18-32(28)17-22)21-6-8-26(33-3)27(15-21)34-4/h6,8,15,18-20,22-24,29H,5,7,9-14,16-17H2,1-4H3. The summed E-state index contributed by atoms with van der Waals surface area (Å²) in [5.74, 6) is 4.36. The minimum Gasteiger partial charge on any atom is -0.493 e. The van der Waals surface area contributed by atoms with Gasteiger partial charge in [-0.3, -0.25) is 0 Å². The number of fused-ring (bicyclic) bond motifs is 1. The Balaban J connectivity index is 1.20. The van der Waals surface area contributed by atoms with E-state index in [2.05, 4.69) is 40.9 Å². The van der Waals surface area contributed by atoms with Gasteiger partial charge in [-0.25, -0.2) is 4.98 Å². The van der Waals surface area contributed by atoms with Crippen LogP contribution in [-0.2, 0) is 13.0 Å². The van der Waals surface area contributed by atoms with Gasteiger partial charge in [0.05, 0.1) is 19.9 Å². The molecule has 4 unspecified atom stereocenters. The molecule has 4 heterocycles. The molecule has 3 aliphatic heterocycles. The van der Waals surface area contributed by atoms with Crippen LogP contribution in [0.3, 0.4) is 0 Å². The molecule has 186 valence electrons. The van der Waals surface area contributed by atoms with Gasteiger partial charge in [0.15, 0.2) is 11.5 Å². The first-order valence-electron chi connectivity index (χ1n) is 13.4. The van der Waals surface area contributed by atoms with Gasteiger partial charge in [0.2, 0.25) is 0 Å². The van der Waals surface area contributed by atoms with E-state index in [0.29, 0.717) is 12.1 Å². The summed E-state index contributed by atoms with van der Waals surface area (Å²) in [7, 11) is 3.36. The molecule has 6 nitrogen and oxygen atoms in total. The molecule has 3 aliphatic rings. The predicted octanol–water partition coefficient (Wildman–Crippen LogP) is 4.76. The second-order valence-corrected chi connectivity index (χ2v) is 10.7. The van der Waals surface area contributed by atoms with Crippen molar-refractivity contribution in [2.24, 2.45) is 11.8 Å². The van der Waals surface area contributed by atoms with Gasteiger partial charge >= 0.3 is 0 Å². The van der Waals surface area contributed by atoms with Gasteiger partial charge in [0.25, 0.3) is 0 Å². The number of ether oxygens (including phenoxy) is 2. The first-order chi connectivity index (χ1) is 16.6. The number of rotatable bonds is 6. The molecule has 34 heavy (non-hydrogen) atoms. The van der Waals surface area contributed by atoms with Gasteiger partial charge in [-0.15, -0.1) is 0 Å². The molecule has 1 aromatic carbocycles. The SMILES string of the molecule is CCC1CC(N2CCC(C3CCc4nc(-c5ccc(OC)c(OC)c5)cn4C3)CC2)CC(C)N1. The Morgan fingerprint density at radius 3 is 2.56 bits per heavy atom. The van der Waals surface area contributed by atoms with Gasteiger partial charge in [0, 0.05) is 42.9 Å². The Morgan fingerprint density at radius 1 is 1.03 bits per heavy atom. The smallest absolute Gasteiger partial charge is 0.161 e. The number of piperidine rings is 2. The Labute approximate surface area is 205 Å². The van der Waals surface area contributed by atoms with E-state index < -0.39 is 0 Å². The molecule has 0 aliphatic carbocycles. The summed E-state index contributed by atoms with van der Waals surface area (Å²) in [6, 6.07) is 8.20. The van der Waals surface area contributed by atoms with E-state index in [1.165, 1.54) is 57.4 Å². The fraction of sp³-hybridized carbons (Fsp3) is 0.679. The van der Waals surface area contributed by atoms with Crippen LogP contribution in [0.4, 0.5) is 0 Å². The lowest BCUT2D eigenvalue weighted by Gasteiger charge is -2.45. The van der Waals surface area contributed by atoms with Crippen LogP contribution in [0.5, 0.6) is 11.5 Å². The van der Waals surface area contributed by atoms with Gasteiger partial charge in [-0.2, -0.15) is 0 Å². The van der Waals surface area contributed by atoms with Gasteiger partial charge < -0.3 is 24.3 Å². The van der Waals surface area contributed by atoms with Crippen molar-refractivity contribution in [3.05, 3.63) is 30.2 Å². The number of aryl methyl sites for hydroxylation is 1. The Hall–Kier alpha value is -2.05. The minimum absolute atomic E-state index is 0.652. The van der Waals surface area contributed by atoms with Crippen LogP contribution in [0.15, 0.2) is 24.4 Å². The van der Waals surface area contributed by atoms with Crippen molar-refractivity contribution >= 4 is 0 Å². The third-order valence-electron chi connectivity index (χ3n) is 8.66. The van der Waals surface area contributed by atoms with Crippen LogP contribution in [0.2, 0.25) is 0 Å². The zero-order valence-corrected chi connectivity index (χ0v) is 21.4. The molecule has 2 saturated heterocycles. The van der Waals surface area contributed by atoms with Gasteiger partial charge in [-0.1, -0.05) is 6.92 Å². The maximum atomic E-state index is 5.50. The summed E-state index contributed by atoms with van der Waals surface area (Å²) in [6.45, 7) is 8.36. The number of nitrogens with one attached hydrogen (secondary N) is 1. The van der Waals surface area contributed by atoms with Gasteiger partial charge in [0.1, 0.15) is 5.82 Å². The van der Waals surface area contributed by atoms with Crippen LogP contribution in [0.25, 0.3) is 11.3 Å². The summed E-state index contributed by atoms with van der Waals surface area (Å²) < 4.78 is 13.3. The second kappa shape index (κ2) is 10.3. The maximum Gasteiger partial charge on any atom is 0.161 e. The lowest BCUT2D eigenvalue weighted by Crippen LogP contribution is -2.53. The Bertz CT molecular complexity index is 965. The second-order valence-electron chi connectivity index (χ2n) is 10.7. The predicted molar refractivity (Wildman–Crippen MR) is 137 cm³/mol. The molecule has 0 bridgehead atoms. The van der Waals surface area contributed by atoms with Crippen LogP contribution < -0.4 is 14.8 Å². The number of aromatic nitrogens is 2. The lowest BCUT2D eigenvalue weighted by molar-refractivity contribution is 0.0651. The summed E-state index contributed by atoms with van der Waals surface area (Å²) in [4.78, 5) is 7.80.